The van der Waals surface area contributed by atoms with Gasteiger partial charge in [-0.2, -0.15) is 0 Å². The van der Waals surface area contributed by atoms with E-state index in [0.717, 1.165) is 38.7 Å². The molecule has 19 heavy (non-hydrogen) atoms. The zero-order valence-electron chi connectivity index (χ0n) is 12.7. The summed E-state index contributed by atoms with van der Waals surface area (Å²) in [5.74, 6) is 7.08. The molecule has 0 spiro atoms. The molecule has 0 aromatic heterocycles. The van der Waals surface area contributed by atoms with Gasteiger partial charge in [-0.25, -0.2) is 10.8 Å². The van der Waals surface area contributed by atoms with E-state index in [2.05, 4.69) is 34.1 Å². The number of guanidine groups is 1. The van der Waals surface area contributed by atoms with Gasteiger partial charge >= 0.3 is 0 Å². The molecule has 1 rings (SSSR count). The Morgan fingerprint density at radius 3 is 2.37 bits per heavy atom. The first-order valence-electron chi connectivity index (χ1n) is 7.07. The van der Waals surface area contributed by atoms with Crippen LogP contribution in [0.15, 0.2) is 4.99 Å². The predicted molar refractivity (Wildman–Crippen MR) is 78.9 cm³/mol. The van der Waals surface area contributed by atoms with Crippen molar-refractivity contribution in [2.45, 2.75) is 26.8 Å². The highest BCUT2D eigenvalue weighted by Gasteiger charge is 2.20. The van der Waals surface area contributed by atoms with Gasteiger partial charge < -0.3 is 9.64 Å². The Morgan fingerprint density at radius 2 is 1.89 bits per heavy atom. The zero-order valence-corrected chi connectivity index (χ0v) is 12.7. The highest BCUT2D eigenvalue weighted by molar-refractivity contribution is 5.79. The summed E-state index contributed by atoms with van der Waals surface area (Å²) in [7, 11) is 1.69. The van der Waals surface area contributed by atoms with Crippen molar-refractivity contribution in [2.24, 2.45) is 16.8 Å². The van der Waals surface area contributed by atoms with E-state index in [0.29, 0.717) is 12.5 Å². The molecule has 0 aromatic rings. The van der Waals surface area contributed by atoms with Crippen molar-refractivity contribution in [2.75, 3.05) is 46.4 Å². The van der Waals surface area contributed by atoms with Crippen LogP contribution in [-0.2, 0) is 4.74 Å². The highest BCUT2D eigenvalue weighted by Crippen LogP contribution is 2.06. The van der Waals surface area contributed by atoms with Gasteiger partial charge in [-0.1, -0.05) is 13.8 Å². The Labute approximate surface area is 117 Å². The second-order valence-electron chi connectivity index (χ2n) is 5.58. The lowest BCUT2D eigenvalue weighted by atomic mass is 10.2. The van der Waals surface area contributed by atoms with Gasteiger partial charge in [0.1, 0.15) is 0 Å². The molecule has 3 N–H and O–H groups in total. The lowest BCUT2D eigenvalue weighted by molar-refractivity contribution is 0.161. The summed E-state index contributed by atoms with van der Waals surface area (Å²) < 4.78 is 5.09. The number of nitrogens with zero attached hydrogens (tertiary/aromatic N) is 3. The Kier molecular flexibility index (Phi) is 7.12. The number of nitrogens with two attached hydrogens (primary N) is 1. The number of nitrogens with one attached hydrogen (secondary N) is 1. The molecule has 6 heteroatoms. The van der Waals surface area contributed by atoms with E-state index in [1.165, 1.54) is 0 Å². The van der Waals surface area contributed by atoms with Crippen molar-refractivity contribution in [3.8, 4) is 0 Å². The zero-order chi connectivity index (χ0) is 14.3. The largest absolute Gasteiger partial charge is 0.382 e. The smallest absolute Gasteiger partial charge is 0.208 e. The minimum absolute atomic E-state index is 0.116. The molecule has 112 valence electrons. The molecule has 1 aliphatic heterocycles. The number of piperazine rings is 1. The molecule has 0 aromatic carbocycles. The monoisotopic (exact) mass is 271 g/mol. The Morgan fingerprint density at radius 1 is 1.26 bits per heavy atom. The van der Waals surface area contributed by atoms with E-state index in [4.69, 9.17) is 10.6 Å². The fourth-order valence-corrected chi connectivity index (χ4v) is 2.36. The maximum atomic E-state index is 5.59. The molecule has 1 atom stereocenters. The fourth-order valence-electron chi connectivity index (χ4n) is 2.36. The third-order valence-corrected chi connectivity index (χ3v) is 3.17. The quantitative estimate of drug-likeness (QED) is 0.322. The maximum absolute atomic E-state index is 5.59. The molecule has 1 heterocycles. The average Bonchev–Trinajstić information content (AvgIpc) is 2.37. The van der Waals surface area contributed by atoms with Gasteiger partial charge in [-0.05, 0) is 12.8 Å². The van der Waals surface area contributed by atoms with Crippen LogP contribution in [-0.4, -0.2) is 68.2 Å². The molecule has 6 nitrogen and oxygen atoms in total. The number of hydrogen-bond acceptors (Lipinski definition) is 4. The second-order valence-corrected chi connectivity index (χ2v) is 5.58. The van der Waals surface area contributed by atoms with E-state index < -0.39 is 0 Å². The van der Waals surface area contributed by atoms with Crippen molar-refractivity contribution in [1.29, 1.82) is 0 Å². The highest BCUT2D eigenvalue weighted by atomic mass is 16.5. The van der Waals surface area contributed by atoms with Gasteiger partial charge in [-0.15, -0.1) is 0 Å². The van der Waals surface area contributed by atoms with Crippen molar-refractivity contribution in [3.05, 3.63) is 0 Å². The average molecular weight is 271 g/mol. The summed E-state index contributed by atoms with van der Waals surface area (Å²) in [4.78, 5) is 9.26. The molecule has 0 bridgehead atoms. The Balaban J connectivity index is 2.47. The van der Waals surface area contributed by atoms with Crippen LogP contribution in [0.25, 0.3) is 0 Å². The van der Waals surface area contributed by atoms with Gasteiger partial charge in [0.15, 0.2) is 0 Å². The standard InChI is InChI=1S/C13H29N5O/c1-11(2)9-17-5-7-18(8-6-17)13(16-14)15-12(3)10-19-4/h11-12H,5-10,14H2,1-4H3,(H,15,16). The second kappa shape index (κ2) is 8.35. The van der Waals surface area contributed by atoms with Crippen LogP contribution < -0.4 is 11.3 Å². The van der Waals surface area contributed by atoms with Crippen molar-refractivity contribution < 1.29 is 4.74 Å². The number of aliphatic imine (C=N–C) groups is 1. The first-order valence-corrected chi connectivity index (χ1v) is 7.07. The predicted octanol–water partition coefficient (Wildman–Crippen LogP) is 0.114. The molecule has 1 fully saturated rings. The third-order valence-electron chi connectivity index (χ3n) is 3.17. The first-order chi connectivity index (χ1) is 9.06. The lowest BCUT2D eigenvalue weighted by Gasteiger charge is -2.37. The summed E-state index contributed by atoms with van der Waals surface area (Å²) in [5, 5.41) is 0. The SMILES string of the molecule is COCC(C)N=C(NN)N1CCN(CC(C)C)CC1. The molecule has 1 aliphatic rings. The molecule has 1 unspecified atom stereocenters. The normalized spacial score (nSPS) is 19.9. The van der Waals surface area contributed by atoms with E-state index in [9.17, 15) is 0 Å². The third kappa shape index (κ3) is 5.76. The van der Waals surface area contributed by atoms with Gasteiger partial charge in [0, 0.05) is 39.8 Å². The number of rotatable bonds is 5. The van der Waals surface area contributed by atoms with E-state index in [1.54, 1.807) is 7.11 Å². The van der Waals surface area contributed by atoms with Gasteiger partial charge in [0.05, 0.1) is 12.6 Å². The molecule has 1 saturated heterocycles. The van der Waals surface area contributed by atoms with Gasteiger partial charge in [0.25, 0.3) is 0 Å². The van der Waals surface area contributed by atoms with Crippen LogP contribution in [0.3, 0.4) is 0 Å². The minimum Gasteiger partial charge on any atom is -0.382 e. The molecule has 0 amide bonds. The van der Waals surface area contributed by atoms with Crippen LogP contribution >= 0.6 is 0 Å². The number of hydrazine groups is 1. The van der Waals surface area contributed by atoms with Crippen LogP contribution in [0.4, 0.5) is 0 Å². The van der Waals surface area contributed by atoms with Crippen LogP contribution in [0, 0.1) is 5.92 Å². The molecule has 0 saturated carbocycles. The fraction of sp³-hybridized carbons (Fsp3) is 0.923. The summed E-state index contributed by atoms with van der Waals surface area (Å²) in [5.41, 5.74) is 2.72. The van der Waals surface area contributed by atoms with E-state index in [1.807, 2.05) is 6.92 Å². The number of ether oxygens (including phenoxy) is 1. The molecule has 0 aliphatic carbocycles. The summed E-state index contributed by atoms with van der Waals surface area (Å²) in [6.07, 6.45) is 0. The first kappa shape index (κ1) is 16.2. The van der Waals surface area contributed by atoms with Crippen LogP contribution in [0.1, 0.15) is 20.8 Å². The van der Waals surface area contributed by atoms with Crippen molar-refractivity contribution in [1.82, 2.24) is 15.2 Å². The topological polar surface area (TPSA) is 66.1 Å². The Bertz CT molecular complexity index is 274. The minimum atomic E-state index is 0.116. The van der Waals surface area contributed by atoms with Crippen molar-refractivity contribution >= 4 is 5.96 Å². The van der Waals surface area contributed by atoms with E-state index in [-0.39, 0.29) is 6.04 Å². The molecular weight excluding hydrogens is 242 g/mol. The lowest BCUT2D eigenvalue weighted by Crippen LogP contribution is -2.54. The van der Waals surface area contributed by atoms with Crippen molar-refractivity contribution in [3.63, 3.8) is 0 Å². The number of hydrogen-bond donors (Lipinski definition) is 2. The molecular formula is C13H29N5O. The Hall–Kier alpha value is -0.850. The van der Waals surface area contributed by atoms with Gasteiger partial charge in [-0.3, -0.25) is 10.3 Å². The summed E-state index contributed by atoms with van der Waals surface area (Å²) >= 11 is 0. The van der Waals surface area contributed by atoms with Crippen LogP contribution in [0.2, 0.25) is 0 Å². The number of methoxy groups -OCH3 is 1. The van der Waals surface area contributed by atoms with E-state index >= 15 is 0 Å². The maximum Gasteiger partial charge on any atom is 0.208 e. The van der Waals surface area contributed by atoms with Gasteiger partial charge in [0.2, 0.25) is 5.96 Å². The summed E-state index contributed by atoms with van der Waals surface area (Å²) in [6, 6.07) is 0.116. The van der Waals surface area contributed by atoms with Crippen LogP contribution in [0.5, 0.6) is 0 Å². The molecule has 0 radical (unpaired) electrons. The summed E-state index contributed by atoms with van der Waals surface area (Å²) in [6.45, 7) is 12.4.